The lowest BCUT2D eigenvalue weighted by atomic mass is 9.90. The van der Waals surface area contributed by atoms with Gasteiger partial charge in [-0.25, -0.2) is 4.39 Å². The smallest absolute Gasteiger partial charge is 0.167 e. The molecule has 0 amide bonds. The largest absolute Gasteiger partial charge is 0.497 e. The summed E-state index contributed by atoms with van der Waals surface area (Å²) in [6, 6.07) is 12.3. The Morgan fingerprint density at radius 3 is 2.64 bits per heavy atom. The van der Waals surface area contributed by atoms with Gasteiger partial charge in [-0.2, -0.15) is 0 Å². The molecule has 5 heteroatoms. The van der Waals surface area contributed by atoms with Crippen LogP contribution in [0.5, 0.6) is 11.5 Å². The zero-order valence-electron chi connectivity index (χ0n) is 16.4. The second-order valence-electron chi connectivity index (χ2n) is 6.99. The van der Waals surface area contributed by atoms with Crippen molar-refractivity contribution in [3.05, 3.63) is 65.5 Å². The zero-order valence-corrected chi connectivity index (χ0v) is 16.4. The summed E-state index contributed by atoms with van der Waals surface area (Å²) in [4.78, 5) is 15.1. The van der Waals surface area contributed by atoms with E-state index in [1.807, 2.05) is 24.3 Å². The van der Waals surface area contributed by atoms with Crippen LogP contribution < -0.4 is 9.47 Å². The summed E-state index contributed by atoms with van der Waals surface area (Å²) in [6.07, 6.45) is 5.99. The van der Waals surface area contributed by atoms with Crippen molar-refractivity contribution in [2.45, 2.75) is 12.8 Å². The third kappa shape index (κ3) is 4.98. The van der Waals surface area contributed by atoms with Crippen LogP contribution in [0.4, 0.5) is 4.39 Å². The Balaban J connectivity index is 1.57. The second kappa shape index (κ2) is 9.51. The standard InChI is InChI=1S/C23H26FNO3/c1-27-20-10-7-17(8-11-20)5-3-13-25-14-4-6-19(16-25)23(26)18-9-12-22(28-2)21(24)15-18/h3,5,7-12,15,19H,4,6,13-14,16H2,1-2H3/b5-3+/t19-/m0/s1. The van der Waals surface area contributed by atoms with Crippen LogP contribution in [-0.2, 0) is 0 Å². The number of Topliss-reactive ketones (excluding diaryl/α,β-unsaturated/α-hetero) is 1. The molecule has 0 aromatic heterocycles. The number of nitrogens with zero attached hydrogens (tertiary/aromatic N) is 1. The molecular formula is C23H26FNO3. The average molecular weight is 383 g/mol. The van der Waals surface area contributed by atoms with E-state index >= 15 is 0 Å². The van der Waals surface area contributed by atoms with Crippen LogP contribution in [0.25, 0.3) is 6.08 Å². The van der Waals surface area contributed by atoms with Crippen LogP contribution in [0, 0.1) is 11.7 Å². The monoisotopic (exact) mass is 383 g/mol. The Kier molecular flexibility index (Phi) is 6.82. The van der Waals surface area contributed by atoms with Crippen LogP contribution in [0.2, 0.25) is 0 Å². The van der Waals surface area contributed by atoms with Crippen LogP contribution in [0.1, 0.15) is 28.8 Å². The lowest BCUT2D eigenvalue weighted by molar-refractivity contribution is 0.0831. The summed E-state index contributed by atoms with van der Waals surface area (Å²) in [6.45, 7) is 2.44. The van der Waals surface area contributed by atoms with Crippen molar-refractivity contribution in [2.24, 2.45) is 5.92 Å². The molecule has 3 rings (SSSR count). The van der Waals surface area contributed by atoms with Crippen LogP contribution >= 0.6 is 0 Å². The van der Waals surface area contributed by atoms with Gasteiger partial charge in [-0.05, 0) is 55.3 Å². The SMILES string of the molecule is COc1ccc(/C=C/CN2CCC[C@H](C(=O)c3ccc(OC)c(F)c3)C2)cc1. The Morgan fingerprint density at radius 1 is 1.18 bits per heavy atom. The van der Waals surface area contributed by atoms with Gasteiger partial charge in [0.2, 0.25) is 0 Å². The molecule has 1 fully saturated rings. The minimum Gasteiger partial charge on any atom is -0.497 e. The number of benzene rings is 2. The first-order valence-electron chi connectivity index (χ1n) is 9.51. The molecule has 1 saturated heterocycles. The fourth-order valence-electron chi connectivity index (χ4n) is 3.54. The maximum Gasteiger partial charge on any atom is 0.167 e. The number of piperidine rings is 1. The van der Waals surface area contributed by atoms with Gasteiger partial charge in [0, 0.05) is 24.6 Å². The molecule has 2 aromatic carbocycles. The first-order chi connectivity index (χ1) is 13.6. The number of hydrogen-bond donors (Lipinski definition) is 0. The highest BCUT2D eigenvalue weighted by atomic mass is 19.1. The van der Waals surface area contributed by atoms with Crippen LogP contribution in [-0.4, -0.2) is 44.5 Å². The van der Waals surface area contributed by atoms with Crippen molar-refractivity contribution >= 4 is 11.9 Å². The first kappa shape index (κ1) is 20.1. The third-order valence-electron chi connectivity index (χ3n) is 5.10. The minimum absolute atomic E-state index is 0.00499. The van der Waals surface area contributed by atoms with Gasteiger partial charge in [-0.1, -0.05) is 24.3 Å². The molecule has 0 spiro atoms. The van der Waals surface area contributed by atoms with Gasteiger partial charge >= 0.3 is 0 Å². The van der Waals surface area contributed by atoms with E-state index in [-0.39, 0.29) is 17.5 Å². The summed E-state index contributed by atoms with van der Waals surface area (Å²) in [5.41, 5.74) is 1.53. The lowest BCUT2D eigenvalue weighted by Gasteiger charge is -2.31. The quantitative estimate of drug-likeness (QED) is 0.662. The third-order valence-corrected chi connectivity index (χ3v) is 5.10. The maximum absolute atomic E-state index is 13.9. The molecule has 0 unspecified atom stereocenters. The predicted molar refractivity (Wildman–Crippen MR) is 108 cm³/mol. The molecule has 1 heterocycles. The van der Waals surface area contributed by atoms with Gasteiger partial charge in [0.1, 0.15) is 5.75 Å². The van der Waals surface area contributed by atoms with Gasteiger partial charge in [-0.15, -0.1) is 0 Å². The molecule has 148 valence electrons. The molecule has 1 aliphatic rings. The maximum atomic E-state index is 13.9. The summed E-state index contributed by atoms with van der Waals surface area (Å²) in [5.74, 6) is 0.403. The van der Waals surface area contributed by atoms with Crippen molar-refractivity contribution in [2.75, 3.05) is 33.9 Å². The summed E-state index contributed by atoms with van der Waals surface area (Å²) in [5, 5.41) is 0. The fraction of sp³-hybridized carbons (Fsp3) is 0.348. The molecule has 0 radical (unpaired) electrons. The van der Waals surface area contributed by atoms with E-state index in [1.54, 1.807) is 13.2 Å². The molecule has 0 bridgehead atoms. The normalized spacial score (nSPS) is 17.6. The van der Waals surface area contributed by atoms with Gasteiger partial charge in [0.25, 0.3) is 0 Å². The Morgan fingerprint density at radius 2 is 1.96 bits per heavy atom. The van der Waals surface area contributed by atoms with Gasteiger partial charge in [-0.3, -0.25) is 9.69 Å². The second-order valence-corrected chi connectivity index (χ2v) is 6.99. The van der Waals surface area contributed by atoms with Crippen LogP contribution in [0.3, 0.4) is 0 Å². The molecule has 1 aliphatic heterocycles. The van der Waals surface area contributed by atoms with Crippen molar-refractivity contribution in [1.29, 1.82) is 0 Å². The molecule has 0 saturated carbocycles. The molecule has 0 aliphatic carbocycles. The number of hydrogen-bond acceptors (Lipinski definition) is 4. The average Bonchev–Trinajstić information content (AvgIpc) is 2.74. The number of ketones is 1. The van der Waals surface area contributed by atoms with Crippen molar-refractivity contribution in [3.8, 4) is 11.5 Å². The van der Waals surface area contributed by atoms with Crippen molar-refractivity contribution < 1.29 is 18.7 Å². The van der Waals surface area contributed by atoms with E-state index in [0.29, 0.717) is 12.1 Å². The van der Waals surface area contributed by atoms with E-state index in [2.05, 4.69) is 17.1 Å². The van der Waals surface area contributed by atoms with E-state index in [1.165, 1.54) is 19.2 Å². The number of methoxy groups -OCH3 is 2. The van der Waals surface area contributed by atoms with E-state index < -0.39 is 5.82 Å². The number of halogens is 1. The predicted octanol–water partition coefficient (Wildman–Crippen LogP) is 4.45. The van der Waals surface area contributed by atoms with Crippen molar-refractivity contribution in [3.63, 3.8) is 0 Å². The zero-order chi connectivity index (χ0) is 19.9. The lowest BCUT2D eigenvalue weighted by Crippen LogP contribution is -2.38. The molecule has 4 nitrogen and oxygen atoms in total. The van der Waals surface area contributed by atoms with Crippen LogP contribution in [0.15, 0.2) is 48.5 Å². The highest BCUT2D eigenvalue weighted by Gasteiger charge is 2.26. The highest BCUT2D eigenvalue weighted by Crippen LogP contribution is 2.24. The van der Waals surface area contributed by atoms with E-state index in [0.717, 1.165) is 37.2 Å². The van der Waals surface area contributed by atoms with E-state index in [4.69, 9.17) is 9.47 Å². The minimum atomic E-state index is -0.497. The highest BCUT2D eigenvalue weighted by molar-refractivity contribution is 5.98. The molecule has 28 heavy (non-hydrogen) atoms. The number of likely N-dealkylation sites (tertiary alicyclic amines) is 1. The topological polar surface area (TPSA) is 38.8 Å². The molecular weight excluding hydrogens is 357 g/mol. The first-order valence-corrected chi connectivity index (χ1v) is 9.51. The van der Waals surface area contributed by atoms with Gasteiger partial charge in [0.05, 0.1) is 14.2 Å². The fourth-order valence-corrected chi connectivity index (χ4v) is 3.54. The van der Waals surface area contributed by atoms with Crippen molar-refractivity contribution in [1.82, 2.24) is 4.90 Å². The Hall–Kier alpha value is -2.66. The summed E-state index contributed by atoms with van der Waals surface area (Å²) >= 11 is 0. The molecule has 0 N–H and O–H groups in total. The van der Waals surface area contributed by atoms with E-state index in [9.17, 15) is 9.18 Å². The number of carbonyl (C=O) groups excluding carboxylic acids is 1. The van der Waals surface area contributed by atoms with Gasteiger partial charge in [0.15, 0.2) is 17.3 Å². The van der Waals surface area contributed by atoms with Gasteiger partial charge < -0.3 is 9.47 Å². The molecule has 1 atom stereocenters. The summed E-state index contributed by atoms with van der Waals surface area (Å²) in [7, 11) is 3.07. The summed E-state index contributed by atoms with van der Waals surface area (Å²) < 4.78 is 24.0. The Labute approximate surface area is 165 Å². The molecule has 2 aromatic rings. The number of carbonyl (C=O) groups is 1. The number of ether oxygens (including phenoxy) is 2. The number of rotatable bonds is 7. The Bertz CT molecular complexity index is 832.